The first-order valence-corrected chi connectivity index (χ1v) is 11.4. The van der Waals surface area contributed by atoms with E-state index >= 15 is 0 Å². The van der Waals surface area contributed by atoms with E-state index in [0.717, 1.165) is 18.0 Å². The molecule has 190 valence electrons. The molecule has 0 spiro atoms. The normalized spacial score (nSPS) is 14.9. The Morgan fingerprint density at radius 1 is 1.19 bits per heavy atom. The Hall–Kier alpha value is -3.72. The Morgan fingerprint density at radius 3 is 2.56 bits per heavy atom. The number of nitrogen functional groups attached to an aromatic ring is 1. The van der Waals surface area contributed by atoms with Gasteiger partial charge in [0.25, 0.3) is 0 Å². The highest BCUT2D eigenvalue weighted by molar-refractivity contribution is 5.63. The molecule has 0 radical (unpaired) electrons. The largest absolute Gasteiger partial charge is 0.419 e. The first-order valence-electron chi connectivity index (χ1n) is 11.4. The van der Waals surface area contributed by atoms with Crippen molar-refractivity contribution in [2.24, 2.45) is 0 Å². The molecule has 0 amide bonds. The molecular weight excluding hydrogens is 476 g/mol. The van der Waals surface area contributed by atoms with E-state index in [0.29, 0.717) is 50.5 Å². The number of alkyl halides is 3. The van der Waals surface area contributed by atoms with Gasteiger partial charge in [-0.2, -0.15) is 18.4 Å². The number of halogens is 4. The summed E-state index contributed by atoms with van der Waals surface area (Å²) in [6.07, 6.45) is -0.335. The molecule has 1 aromatic carbocycles. The van der Waals surface area contributed by atoms with Gasteiger partial charge in [-0.05, 0) is 45.1 Å². The summed E-state index contributed by atoms with van der Waals surface area (Å²) in [6, 6.07) is 5.02. The lowest BCUT2D eigenvalue weighted by Gasteiger charge is -2.33. The molecule has 8 nitrogen and oxygen atoms in total. The summed E-state index contributed by atoms with van der Waals surface area (Å²) in [5.41, 5.74) is 5.33. The second-order valence-electron chi connectivity index (χ2n) is 9.00. The number of likely N-dealkylation sites (N-methyl/N-ethyl adjacent to an activating group) is 1. The van der Waals surface area contributed by atoms with Gasteiger partial charge in [0.15, 0.2) is 5.82 Å². The van der Waals surface area contributed by atoms with E-state index in [2.05, 4.69) is 16.0 Å². The van der Waals surface area contributed by atoms with Crippen molar-refractivity contribution in [2.45, 2.75) is 31.5 Å². The molecule has 1 aliphatic rings. The van der Waals surface area contributed by atoms with Crippen molar-refractivity contribution in [1.29, 1.82) is 5.26 Å². The van der Waals surface area contributed by atoms with Crippen LogP contribution < -0.4 is 10.6 Å². The van der Waals surface area contributed by atoms with Gasteiger partial charge in [0.05, 0.1) is 11.3 Å². The molecule has 0 saturated carbocycles. The van der Waals surface area contributed by atoms with Crippen molar-refractivity contribution in [1.82, 2.24) is 24.4 Å². The Kier molecular flexibility index (Phi) is 7.12. The summed E-state index contributed by atoms with van der Waals surface area (Å²) in [6.45, 7) is 2.51. The Balaban J connectivity index is 1.61. The molecule has 0 atom stereocenters. The number of nitriles is 1. The summed E-state index contributed by atoms with van der Waals surface area (Å²) >= 11 is 0. The van der Waals surface area contributed by atoms with Crippen molar-refractivity contribution >= 4 is 11.6 Å². The van der Waals surface area contributed by atoms with E-state index in [9.17, 15) is 22.8 Å². The third-order valence-corrected chi connectivity index (χ3v) is 6.29. The van der Waals surface area contributed by atoms with Crippen molar-refractivity contribution in [3.05, 3.63) is 53.5 Å². The van der Waals surface area contributed by atoms with E-state index in [1.54, 1.807) is 6.20 Å². The maximum atomic E-state index is 13.8. The Labute approximate surface area is 206 Å². The average Bonchev–Trinajstić information content (AvgIpc) is 3.26. The van der Waals surface area contributed by atoms with Gasteiger partial charge in [-0.15, -0.1) is 0 Å². The molecule has 2 N–H and O–H groups in total. The standard InChI is InChI=1S/C24H26F4N8/c1-34(2)9-10-36-13-20(16-3-4-19(25)18(11-16)24(26,27)28)33-22(36)15-5-7-35(8-6-15)23-17(12-29)21(30)31-14-32-23/h3-4,11,13-15H,5-10H2,1-2H3,(H2,30,31,32). The van der Waals surface area contributed by atoms with Gasteiger partial charge >= 0.3 is 6.18 Å². The molecule has 1 aliphatic heterocycles. The summed E-state index contributed by atoms with van der Waals surface area (Å²) in [5.74, 6) is 0.126. The molecular formula is C24H26F4N8. The summed E-state index contributed by atoms with van der Waals surface area (Å²) in [7, 11) is 3.87. The molecule has 1 saturated heterocycles. The number of hydrogen-bond acceptors (Lipinski definition) is 7. The summed E-state index contributed by atoms with van der Waals surface area (Å²) in [5, 5.41) is 9.45. The zero-order valence-corrected chi connectivity index (χ0v) is 19.9. The zero-order valence-electron chi connectivity index (χ0n) is 19.9. The van der Waals surface area contributed by atoms with Crippen molar-refractivity contribution in [3.63, 3.8) is 0 Å². The van der Waals surface area contributed by atoms with E-state index in [1.807, 2.05) is 28.5 Å². The monoisotopic (exact) mass is 502 g/mol. The third kappa shape index (κ3) is 5.26. The number of rotatable bonds is 6. The first kappa shape index (κ1) is 25.4. The molecule has 3 aromatic rings. The van der Waals surface area contributed by atoms with Crippen LogP contribution in [0.4, 0.5) is 29.2 Å². The van der Waals surface area contributed by atoms with E-state index in [-0.39, 0.29) is 22.9 Å². The van der Waals surface area contributed by atoms with Crippen LogP contribution in [0.2, 0.25) is 0 Å². The quantitative estimate of drug-likeness (QED) is 0.511. The molecule has 0 unspecified atom stereocenters. The highest BCUT2D eigenvalue weighted by atomic mass is 19.4. The fourth-order valence-electron chi connectivity index (χ4n) is 4.37. The van der Waals surface area contributed by atoms with Gasteiger partial charge in [0.2, 0.25) is 0 Å². The smallest absolute Gasteiger partial charge is 0.382 e. The molecule has 1 fully saturated rings. The molecule has 4 rings (SSSR count). The molecule has 0 bridgehead atoms. The van der Waals surface area contributed by atoms with Crippen LogP contribution in [0, 0.1) is 17.1 Å². The molecule has 3 heterocycles. The van der Waals surface area contributed by atoms with Crippen molar-refractivity contribution < 1.29 is 17.6 Å². The fraction of sp³-hybridized carbons (Fsp3) is 0.417. The topological polar surface area (TPSA) is 99.9 Å². The van der Waals surface area contributed by atoms with Gasteiger partial charge in [-0.1, -0.05) is 0 Å². The molecule has 36 heavy (non-hydrogen) atoms. The van der Waals surface area contributed by atoms with E-state index in [1.165, 1.54) is 12.4 Å². The van der Waals surface area contributed by atoms with Crippen LogP contribution in [0.5, 0.6) is 0 Å². The molecule has 12 heteroatoms. The lowest BCUT2D eigenvalue weighted by Crippen LogP contribution is -2.35. The van der Waals surface area contributed by atoms with Crippen molar-refractivity contribution in [3.8, 4) is 17.3 Å². The number of nitrogens with zero attached hydrogens (tertiary/aromatic N) is 7. The van der Waals surface area contributed by atoms with Gasteiger partial charge in [0.1, 0.15) is 35.4 Å². The van der Waals surface area contributed by atoms with Gasteiger partial charge in [-0.3, -0.25) is 0 Å². The lowest BCUT2D eigenvalue weighted by molar-refractivity contribution is -0.139. The van der Waals surface area contributed by atoms with Crippen LogP contribution in [-0.4, -0.2) is 58.1 Å². The second-order valence-corrected chi connectivity index (χ2v) is 9.00. The highest BCUT2D eigenvalue weighted by Crippen LogP contribution is 2.36. The lowest BCUT2D eigenvalue weighted by atomic mass is 9.95. The Bertz CT molecular complexity index is 1270. The van der Waals surface area contributed by atoms with Crippen LogP contribution in [0.1, 0.15) is 35.7 Å². The van der Waals surface area contributed by atoms with E-state index in [4.69, 9.17) is 10.7 Å². The molecule has 0 aliphatic carbocycles. The van der Waals surface area contributed by atoms with Crippen LogP contribution in [-0.2, 0) is 12.7 Å². The third-order valence-electron chi connectivity index (χ3n) is 6.29. The van der Waals surface area contributed by atoms with Gasteiger partial charge in [0, 0.05) is 43.9 Å². The predicted molar refractivity (Wildman–Crippen MR) is 127 cm³/mol. The first-order chi connectivity index (χ1) is 17.1. The predicted octanol–water partition coefficient (Wildman–Crippen LogP) is 3.90. The highest BCUT2D eigenvalue weighted by Gasteiger charge is 2.35. The Morgan fingerprint density at radius 2 is 1.92 bits per heavy atom. The van der Waals surface area contributed by atoms with Gasteiger partial charge in [-0.25, -0.2) is 19.3 Å². The SMILES string of the molecule is CN(C)CCn1cc(-c2ccc(F)c(C(F)(F)F)c2)nc1C1CCN(c2ncnc(N)c2C#N)CC1. The van der Waals surface area contributed by atoms with Crippen molar-refractivity contribution in [2.75, 3.05) is 44.4 Å². The summed E-state index contributed by atoms with van der Waals surface area (Å²) < 4.78 is 55.6. The molecule has 2 aromatic heterocycles. The van der Waals surface area contributed by atoms with Crippen LogP contribution in [0.15, 0.2) is 30.7 Å². The fourth-order valence-corrected chi connectivity index (χ4v) is 4.37. The second kappa shape index (κ2) is 10.1. The minimum Gasteiger partial charge on any atom is -0.382 e. The summed E-state index contributed by atoms with van der Waals surface area (Å²) in [4.78, 5) is 16.8. The number of aromatic nitrogens is 4. The number of anilines is 2. The number of piperidine rings is 1. The number of hydrogen-bond donors (Lipinski definition) is 1. The van der Waals surface area contributed by atoms with Gasteiger partial charge < -0.3 is 20.1 Å². The number of nitrogens with two attached hydrogens (primary N) is 1. The maximum Gasteiger partial charge on any atom is 0.419 e. The maximum absolute atomic E-state index is 13.8. The minimum atomic E-state index is -4.80. The van der Waals surface area contributed by atoms with Crippen LogP contribution in [0.3, 0.4) is 0 Å². The van der Waals surface area contributed by atoms with Crippen LogP contribution in [0.25, 0.3) is 11.3 Å². The number of imidazole rings is 1. The minimum absolute atomic E-state index is 0.0458. The average molecular weight is 503 g/mol. The zero-order chi connectivity index (χ0) is 26.0. The van der Waals surface area contributed by atoms with Crippen LogP contribution >= 0.6 is 0 Å². The van der Waals surface area contributed by atoms with E-state index < -0.39 is 17.6 Å². The number of benzene rings is 1.